The van der Waals surface area contributed by atoms with Gasteiger partial charge in [-0.1, -0.05) is 30.3 Å². The van der Waals surface area contributed by atoms with Crippen molar-refractivity contribution < 1.29 is 0 Å². The molecule has 4 rings (SSSR count). The molecule has 2 aromatic carbocycles. The lowest BCUT2D eigenvalue weighted by atomic mass is 10.1. The van der Waals surface area contributed by atoms with Crippen molar-refractivity contribution in [2.75, 3.05) is 48.8 Å². The first-order chi connectivity index (χ1) is 14.2. The molecular formula is C22H27N7. The molecule has 2 N–H and O–H groups in total. The quantitative estimate of drug-likeness (QED) is 0.668. The van der Waals surface area contributed by atoms with Crippen molar-refractivity contribution >= 4 is 23.1 Å². The molecule has 0 spiro atoms. The highest BCUT2D eigenvalue weighted by molar-refractivity contribution is 5.60. The van der Waals surface area contributed by atoms with Gasteiger partial charge in [-0.05, 0) is 43.8 Å². The zero-order valence-corrected chi connectivity index (χ0v) is 16.9. The third-order valence-corrected chi connectivity index (χ3v) is 5.21. The van der Waals surface area contributed by atoms with E-state index in [1.165, 1.54) is 11.3 Å². The van der Waals surface area contributed by atoms with E-state index in [1.807, 2.05) is 18.2 Å². The van der Waals surface area contributed by atoms with Gasteiger partial charge in [0.15, 0.2) is 5.82 Å². The summed E-state index contributed by atoms with van der Waals surface area (Å²) in [5.74, 6) is 1.16. The van der Waals surface area contributed by atoms with Gasteiger partial charge >= 0.3 is 0 Å². The highest BCUT2D eigenvalue weighted by atomic mass is 15.3. The molecule has 0 aliphatic carbocycles. The molecule has 0 radical (unpaired) electrons. The Labute approximate surface area is 171 Å². The monoisotopic (exact) mass is 389 g/mol. The molecule has 0 bridgehead atoms. The summed E-state index contributed by atoms with van der Waals surface area (Å²) in [7, 11) is 2.17. The average molecular weight is 390 g/mol. The van der Waals surface area contributed by atoms with E-state index in [0.29, 0.717) is 11.8 Å². The van der Waals surface area contributed by atoms with Crippen molar-refractivity contribution in [3.63, 3.8) is 0 Å². The molecule has 7 heteroatoms. The van der Waals surface area contributed by atoms with Crippen molar-refractivity contribution in [1.29, 1.82) is 0 Å². The largest absolute Gasteiger partial charge is 0.369 e. The van der Waals surface area contributed by atoms with Crippen LogP contribution in [-0.4, -0.2) is 53.3 Å². The van der Waals surface area contributed by atoms with Gasteiger partial charge in [-0.15, -0.1) is 5.10 Å². The number of nitrogens with one attached hydrogen (secondary N) is 2. The average Bonchev–Trinajstić information content (AvgIpc) is 2.76. The molecule has 1 saturated heterocycles. The standard InChI is InChI=1S/C22H27N7/c1-17(18-6-4-3-5-7-18)24-21-16-23-27-22(26-21)25-19-8-10-20(11-9-19)29-14-12-28(2)13-15-29/h3-11,16-17H,12-15H2,1-2H3,(H2,24,25,26,27). The van der Waals surface area contributed by atoms with Gasteiger partial charge in [-0.3, -0.25) is 0 Å². The van der Waals surface area contributed by atoms with E-state index in [-0.39, 0.29) is 6.04 Å². The number of nitrogens with zero attached hydrogens (tertiary/aromatic N) is 5. The predicted molar refractivity (Wildman–Crippen MR) is 118 cm³/mol. The topological polar surface area (TPSA) is 69.2 Å². The molecule has 150 valence electrons. The normalized spacial score (nSPS) is 15.7. The van der Waals surface area contributed by atoms with E-state index in [4.69, 9.17) is 0 Å². The fraction of sp³-hybridized carbons (Fsp3) is 0.318. The van der Waals surface area contributed by atoms with E-state index in [0.717, 1.165) is 31.9 Å². The van der Waals surface area contributed by atoms with Gasteiger partial charge in [0.1, 0.15) is 0 Å². The molecule has 29 heavy (non-hydrogen) atoms. The van der Waals surface area contributed by atoms with Gasteiger partial charge in [0.2, 0.25) is 5.95 Å². The number of likely N-dealkylation sites (N-methyl/N-ethyl adjacent to an activating group) is 1. The maximum atomic E-state index is 4.54. The number of hydrogen-bond donors (Lipinski definition) is 2. The van der Waals surface area contributed by atoms with Crippen LogP contribution in [0.25, 0.3) is 0 Å². The van der Waals surface area contributed by atoms with Crippen LogP contribution in [0.5, 0.6) is 0 Å². The molecule has 1 unspecified atom stereocenters. The van der Waals surface area contributed by atoms with Crippen molar-refractivity contribution in [2.45, 2.75) is 13.0 Å². The molecule has 0 saturated carbocycles. The minimum absolute atomic E-state index is 0.128. The summed E-state index contributed by atoms with van der Waals surface area (Å²) in [5.41, 5.74) is 3.38. The number of benzene rings is 2. The van der Waals surface area contributed by atoms with E-state index in [2.05, 4.69) is 86.0 Å². The molecule has 7 nitrogen and oxygen atoms in total. The molecule has 1 aliphatic heterocycles. The van der Waals surface area contributed by atoms with Gasteiger partial charge in [0.25, 0.3) is 0 Å². The lowest BCUT2D eigenvalue weighted by Crippen LogP contribution is -2.44. The zero-order chi connectivity index (χ0) is 20.1. The smallest absolute Gasteiger partial charge is 0.249 e. The lowest BCUT2D eigenvalue weighted by molar-refractivity contribution is 0.313. The molecule has 1 atom stereocenters. The Morgan fingerprint density at radius 3 is 2.38 bits per heavy atom. The Balaban J connectivity index is 1.39. The molecule has 2 heterocycles. The third kappa shape index (κ3) is 5.00. The minimum atomic E-state index is 0.128. The van der Waals surface area contributed by atoms with Crippen molar-refractivity contribution in [2.24, 2.45) is 0 Å². The summed E-state index contributed by atoms with van der Waals surface area (Å²) in [6, 6.07) is 18.8. The first kappa shape index (κ1) is 19.1. The Hall–Kier alpha value is -3.19. The summed E-state index contributed by atoms with van der Waals surface area (Å²) in [5, 5.41) is 14.8. The fourth-order valence-corrected chi connectivity index (χ4v) is 3.42. The van der Waals surface area contributed by atoms with E-state index >= 15 is 0 Å². The summed E-state index contributed by atoms with van der Waals surface area (Å²) < 4.78 is 0. The number of aromatic nitrogens is 3. The second kappa shape index (κ2) is 8.87. The molecule has 1 aromatic heterocycles. The zero-order valence-electron chi connectivity index (χ0n) is 16.9. The number of anilines is 4. The Bertz CT molecular complexity index is 906. The van der Waals surface area contributed by atoms with Crippen LogP contribution in [0.15, 0.2) is 60.8 Å². The number of rotatable bonds is 6. The summed E-state index contributed by atoms with van der Waals surface area (Å²) in [6.45, 7) is 6.41. The van der Waals surface area contributed by atoms with Crippen molar-refractivity contribution in [3.05, 3.63) is 66.4 Å². The molecule has 1 fully saturated rings. The Morgan fingerprint density at radius 1 is 0.931 bits per heavy atom. The molecule has 1 aliphatic rings. The van der Waals surface area contributed by atoms with Gasteiger partial charge in [-0.2, -0.15) is 10.1 Å². The molecule has 3 aromatic rings. The summed E-state index contributed by atoms with van der Waals surface area (Å²) in [6.07, 6.45) is 1.64. The SMILES string of the molecule is CC(Nc1cnnc(Nc2ccc(N3CCN(C)CC3)cc2)n1)c1ccccc1. The van der Waals surface area contributed by atoms with Gasteiger partial charge in [0.05, 0.1) is 6.20 Å². The van der Waals surface area contributed by atoms with Crippen LogP contribution in [-0.2, 0) is 0 Å². The first-order valence-corrected chi connectivity index (χ1v) is 9.99. The molecular weight excluding hydrogens is 362 g/mol. The molecule has 0 amide bonds. The van der Waals surface area contributed by atoms with Crippen LogP contribution in [0.2, 0.25) is 0 Å². The van der Waals surface area contributed by atoms with Crippen molar-refractivity contribution in [3.8, 4) is 0 Å². The Kier molecular flexibility index (Phi) is 5.86. The summed E-state index contributed by atoms with van der Waals surface area (Å²) >= 11 is 0. The highest BCUT2D eigenvalue weighted by Crippen LogP contribution is 2.22. The van der Waals surface area contributed by atoms with Gasteiger partial charge < -0.3 is 20.4 Å². The highest BCUT2D eigenvalue weighted by Gasteiger charge is 2.14. The first-order valence-electron chi connectivity index (χ1n) is 9.99. The third-order valence-electron chi connectivity index (χ3n) is 5.21. The second-order valence-corrected chi connectivity index (χ2v) is 7.40. The second-order valence-electron chi connectivity index (χ2n) is 7.40. The van der Waals surface area contributed by atoms with Crippen LogP contribution >= 0.6 is 0 Å². The summed E-state index contributed by atoms with van der Waals surface area (Å²) in [4.78, 5) is 9.31. The minimum Gasteiger partial charge on any atom is -0.369 e. The lowest BCUT2D eigenvalue weighted by Gasteiger charge is -2.34. The van der Waals surface area contributed by atoms with Crippen LogP contribution in [0.1, 0.15) is 18.5 Å². The fourth-order valence-electron chi connectivity index (χ4n) is 3.42. The van der Waals surface area contributed by atoms with E-state index in [1.54, 1.807) is 6.20 Å². The predicted octanol–water partition coefficient (Wildman–Crippen LogP) is 3.54. The Morgan fingerprint density at radius 2 is 1.66 bits per heavy atom. The van der Waals surface area contributed by atoms with Crippen molar-refractivity contribution in [1.82, 2.24) is 20.1 Å². The van der Waals surface area contributed by atoms with Crippen LogP contribution in [0.3, 0.4) is 0 Å². The van der Waals surface area contributed by atoms with Crippen LogP contribution < -0.4 is 15.5 Å². The maximum Gasteiger partial charge on any atom is 0.249 e. The van der Waals surface area contributed by atoms with E-state index in [9.17, 15) is 0 Å². The van der Waals surface area contributed by atoms with E-state index < -0.39 is 0 Å². The van der Waals surface area contributed by atoms with Crippen LogP contribution in [0, 0.1) is 0 Å². The van der Waals surface area contributed by atoms with Gasteiger partial charge in [-0.25, -0.2) is 0 Å². The maximum absolute atomic E-state index is 4.54. The van der Waals surface area contributed by atoms with Crippen LogP contribution in [0.4, 0.5) is 23.1 Å². The van der Waals surface area contributed by atoms with Gasteiger partial charge in [0, 0.05) is 43.6 Å². The number of hydrogen-bond acceptors (Lipinski definition) is 7. The number of piperazine rings is 1.